The number of ether oxygens (including phenoxy) is 2. The van der Waals surface area contributed by atoms with E-state index in [0.29, 0.717) is 27.8 Å². The summed E-state index contributed by atoms with van der Waals surface area (Å²) in [6.45, 7) is 0. The first-order valence-corrected chi connectivity index (χ1v) is 12.5. The summed E-state index contributed by atoms with van der Waals surface area (Å²) in [4.78, 5) is 19.5. The van der Waals surface area contributed by atoms with E-state index in [2.05, 4.69) is 17.4 Å². The van der Waals surface area contributed by atoms with Gasteiger partial charge in [0.05, 0.1) is 19.9 Å². The average Bonchev–Trinajstić information content (AvgIpc) is 3.14. The van der Waals surface area contributed by atoms with Crippen LogP contribution in [0.25, 0.3) is 10.2 Å². The summed E-state index contributed by atoms with van der Waals surface area (Å²) in [6.07, 6.45) is 8.04. The molecule has 0 atom stereocenters. The molecular weight excluding hydrogens is 434 g/mol. The van der Waals surface area contributed by atoms with E-state index in [-0.39, 0.29) is 11.3 Å². The van der Waals surface area contributed by atoms with Gasteiger partial charge in [0, 0.05) is 28.2 Å². The second-order valence-electron chi connectivity index (χ2n) is 10.1. The molecule has 2 aromatic heterocycles. The Bertz CT molecular complexity index is 1220. The molecule has 4 fully saturated rings. The van der Waals surface area contributed by atoms with Crippen molar-refractivity contribution in [1.29, 1.82) is 0 Å². The van der Waals surface area contributed by atoms with Gasteiger partial charge in [0.1, 0.15) is 9.71 Å². The predicted octanol–water partition coefficient (Wildman–Crippen LogP) is 5.62. The molecule has 4 aliphatic rings. The highest BCUT2D eigenvalue weighted by Gasteiger charge is 2.52. The van der Waals surface area contributed by atoms with Crippen LogP contribution in [0.4, 0.5) is 11.4 Å². The number of nitrogens with two attached hydrogens (primary N) is 1. The fourth-order valence-corrected chi connectivity index (χ4v) is 7.98. The number of nitrogens with zero attached hydrogens (tertiary/aromatic N) is 1. The SMILES string of the molecule is COc1ccc(NC(=O)c2sc3nc(C45CC6CC(CC(C6)C4)C5)ccc3c2N)cc1OC. The molecule has 0 unspecified atom stereocenters. The van der Waals surface area contributed by atoms with Gasteiger partial charge in [0.2, 0.25) is 0 Å². The van der Waals surface area contributed by atoms with Gasteiger partial charge in [-0.05, 0) is 80.5 Å². The molecule has 0 radical (unpaired) electrons. The van der Waals surface area contributed by atoms with Crippen molar-refractivity contribution in [2.45, 2.75) is 43.9 Å². The number of amides is 1. The number of hydrogen-bond donors (Lipinski definition) is 2. The summed E-state index contributed by atoms with van der Waals surface area (Å²) >= 11 is 1.38. The van der Waals surface area contributed by atoms with E-state index >= 15 is 0 Å². The maximum Gasteiger partial charge on any atom is 0.267 e. The lowest BCUT2D eigenvalue weighted by atomic mass is 9.49. The summed E-state index contributed by atoms with van der Waals surface area (Å²) in [5.74, 6) is 3.53. The number of nitrogen functional groups attached to an aromatic ring is 1. The van der Waals surface area contributed by atoms with Gasteiger partial charge in [-0.25, -0.2) is 4.98 Å². The quantitative estimate of drug-likeness (QED) is 0.513. The lowest BCUT2D eigenvalue weighted by Gasteiger charge is -2.56. The second kappa shape index (κ2) is 7.62. The maximum absolute atomic E-state index is 13.1. The van der Waals surface area contributed by atoms with Crippen LogP contribution < -0.4 is 20.5 Å². The molecule has 4 bridgehead atoms. The number of aromatic nitrogens is 1. The van der Waals surface area contributed by atoms with Crippen molar-refractivity contribution in [2.24, 2.45) is 17.8 Å². The zero-order chi connectivity index (χ0) is 22.7. The Kier molecular flexibility index (Phi) is 4.80. The van der Waals surface area contributed by atoms with E-state index in [9.17, 15) is 4.79 Å². The third-order valence-corrected chi connectivity index (χ3v) is 9.14. The van der Waals surface area contributed by atoms with Crippen molar-refractivity contribution in [2.75, 3.05) is 25.3 Å². The van der Waals surface area contributed by atoms with Gasteiger partial charge in [-0.1, -0.05) is 0 Å². The van der Waals surface area contributed by atoms with Crippen molar-refractivity contribution in [3.63, 3.8) is 0 Å². The molecule has 0 aliphatic heterocycles. The summed E-state index contributed by atoms with van der Waals surface area (Å²) in [5.41, 5.74) is 8.97. The van der Waals surface area contributed by atoms with Gasteiger partial charge >= 0.3 is 0 Å². The Labute approximate surface area is 197 Å². The number of pyridine rings is 1. The number of anilines is 2. The van der Waals surface area contributed by atoms with E-state index in [1.165, 1.54) is 55.6 Å². The van der Waals surface area contributed by atoms with Crippen LogP contribution in [0.15, 0.2) is 30.3 Å². The Balaban J connectivity index is 1.30. The van der Waals surface area contributed by atoms with E-state index in [0.717, 1.165) is 28.0 Å². The second-order valence-corrected chi connectivity index (χ2v) is 11.1. The lowest BCUT2D eigenvalue weighted by molar-refractivity contribution is -0.00704. The summed E-state index contributed by atoms with van der Waals surface area (Å²) < 4.78 is 10.6. The minimum absolute atomic E-state index is 0.226. The van der Waals surface area contributed by atoms with Gasteiger partial charge in [-0.3, -0.25) is 4.79 Å². The van der Waals surface area contributed by atoms with Crippen LogP contribution in [0.1, 0.15) is 53.9 Å². The number of carbonyl (C=O) groups is 1. The van der Waals surface area contributed by atoms with Crippen LogP contribution in [0, 0.1) is 17.8 Å². The fourth-order valence-electron chi connectivity index (χ4n) is 6.99. The first-order valence-electron chi connectivity index (χ1n) is 11.7. The number of nitrogens with one attached hydrogen (secondary N) is 1. The molecule has 3 aromatic rings. The van der Waals surface area contributed by atoms with E-state index in [4.69, 9.17) is 20.2 Å². The Morgan fingerprint density at radius 2 is 1.70 bits per heavy atom. The minimum Gasteiger partial charge on any atom is -0.493 e. The monoisotopic (exact) mass is 463 g/mol. The van der Waals surface area contributed by atoms with Gasteiger partial charge in [0.25, 0.3) is 5.91 Å². The van der Waals surface area contributed by atoms with Crippen LogP contribution >= 0.6 is 11.3 Å². The zero-order valence-corrected chi connectivity index (χ0v) is 19.8. The number of carbonyl (C=O) groups excluding carboxylic acids is 1. The van der Waals surface area contributed by atoms with Crippen molar-refractivity contribution in [3.8, 4) is 11.5 Å². The molecular formula is C26H29N3O3S. The molecule has 0 spiro atoms. The fraction of sp³-hybridized carbons (Fsp3) is 0.462. The normalized spacial score (nSPS) is 27.6. The Morgan fingerprint density at radius 1 is 1.03 bits per heavy atom. The van der Waals surface area contributed by atoms with Gasteiger partial charge in [0.15, 0.2) is 11.5 Å². The third kappa shape index (κ3) is 3.36. The highest BCUT2D eigenvalue weighted by molar-refractivity contribution is 7.21. The van der Waals surface area contributed by atoms with Crippen molar-refractivity contribution < 1.29 is 14.3 Å². The summed E-state index contributed by atoms with van der Waals surface area (Å²) in [5, 5.41) is 3.80. The number of benzene rings is 1. The molecule has 7 rings (SSSR count). The topological polar surface area (TPSA) is 86.5 Å². The average molecular weight is 464 g/mol. The van der Waals surface area contributed by atoms with E-state index in [1.807, 2.05) is 0 Å². The van der Waals surface area contributed by atoms with Crippen molar-refractivity contribution >= 4 is 38.8 Å². The Hall–Kier alpha value is -2.80. The lowest BCUT2D eigenvalue weighted by Crippen LogP contribution is -2.48. The van der Waals surface area contributed by atoms with Crippen LogP contribution in [-0.2, 0) is 5.41 Å². The summed E-state index contributed by atoms with van der Waals surface area (Å²) in [6, 6.07) is 9.54. The maximum atomic E-state index is 13.1. The predicted molar refractivity (Wildman–Crippen MR) is 131 cm³/mol. The van der Waals surface area contributed by atoms with Crippen molar-refractivity contribution in [3.05, 3.63) is 40.9 Å². The number of thiophene rings is 1. The molecule has 172 valence electrons. The number of fused-ring (bicyclic) bond motifs is 1. The van der Waals surface area contributed by atoms with Crippen LogP contribution in [0.3, 0.4) is 0 Å². The van der Waals surface area contributed by atoms with Crippen LogP contribution in [0.2, 0.25) is 0 Å². The highest BCUT2D eigenvalue weighted by atomic mass is 32.1. The van der Waals surface area contributed by atoms with Crippen molar-refractivity contribution in [1.82, 2.24) is 4.98 Å². The van der Waals surface area contributed by atoms with Gasteiger partial charge in [-0.15, -0.1) is 11.3 Å². The molecule has 7 heteroatoms. The number of methoxy groups -OCH3 is 2. The number of rotatable bonds is 5. The zero-order valence-electron chi connectivity index (χ0n) is 19.0. The van der Waals surface area contributed by atoms with E-state index < -0.39 is 0 Å². The van der Waals surface area contributed by atoms with Crippen LogP contribution in [-0.4, -0.2) is 25.1 Å². The molecule has 1 aromatic carbocycles. The molecule has 33 heavy (non-hydrogen) atoms. The van der Waals surface area contributed by atoms with Gasteiger partial charge in [-0.2, -0.15) is 0 Å². The first-order chi connectivity index (χ1) is 16.0. The molecule has 1 amide bonds. The number of hydrogen-bond acceptors (Lipinski definition) is 6. The molecule has 6 nitrogen and oxygen atoms in total. The largest absolute Gasteiger partial charge is 0.493 e. The molecule has 2 heterocycles. The van der Waals surface area contributed by atoms with E-state index in [1.54, 1.807) is 32.4 Å². The molecule has 0 saturated heterocycles. The first kappa shape index (κ1) is 20.8. The van der Waals surface area contributed by atoms with Crippen LogP contribution in [0.5, 0.6) is 11.5 Å². The summed E-state index contributed by atoms with van der Waals surface area (Å²) in [7, 11) is 3.15. The molecule has 4 saturated carbocycles. The highest BCUT2D eigenvalue weighted by Crippen LogP contribution is 2.60. The third-order valence-electron chi connectivity index (χ3n) is 8.02. The Morgan fingerprint density at radius 3 is 2.33 bits per heavy atom. The van der Waals surface area contributed by atoms with Gasteiger partial charge < -0.3 is 20.5 Å². The molecule has 3 N–H and O–H groups in total. The standard InChI is InChI=1S/C26H29N3O3S/c1-31-19-5-3-17(10-20(19)32-2)28-24(30)23-22(27)18-4-6-21(29-25(18)33-23)26-11-14-7-15(12-26)9-16(8-14)13-26/h3-6,10,14-16H,7-9,11-13,27H2,1-2H3,(H,28,30). The molecule has 4 aliphatic carbocycles. The smallest absolute Gasteiger partial charge is 0.267 e. The minimum atomic E-state index is -0.237.